The summed E-state index contributed by atoms with van der Waals surface area (Å²) in [7, 11) is 0. The Morgan fingerprint density at radius 1 is 1.56 bits per heavy atom. The summed E-state index contributed by atoms with van der Waals surface area (Å²) in [6, 6.07) is 7.28. The second-order valence-electron chi connectivity index (χ2n) is 4.55. The first kappa shape index (κ1) is 11.4. The standard InChI is InChI=1S/C12H14ClNO2/c1-12(16)7-14(8-12)11(15)6-9-3-2-4-10(13)5-9/h2-5,16H,6-8H2,1H3. The molecule has 86 valence electrons. The van der Waals surface area contributed by atoms with Crippen molar-refractivity contribution in [1.29, 1.82) is 0 Å². The Morgan fingerprint density at radius 3 is 2.81 bits per heavy atom. The number of amides is 1. The number of hydrogen-bond acceptors (Lipinski definition) is 2. The van der Waals surface area contributed by atoms with Gasteiger partial charge < -0.3 is 10.0 Å². The third kappa shape index (κ3) is 2.54. The van der Waals surface area contributed by atoms with Gasteiger partial charge in [-0.25, -0.2) is 0 Å². The fraction of sp³-hybridized carbons (Fsp3) is 0.417. The summed E-state index contributed by atoms with van der Waals surface area (Å²) in [5.74, 6) is 0.0359. The molecule has 4 heteroatoms. The molecule has 0 saturated carbocycles. The quantitative estimate of drug-likeness (QED) is 0.849. The van der Waals surface area contributed by atoms with Crippen molar-refractivity contribution in [1.82, 2.24) is 4.90 Å². The highest BCUT2D eigenvalue weighted by Gasteiger charge is 2.38. The van der Waals surface area contributed by atoms with Crippen molar-refractivity contribution >= 4 is 17.5 Å². The van der Waals surface area contributed by atoms with E-state index in [1.54, 1.807) is 24.0 Å². The maximum absolute atomic E-state index is 11.8. The zero-order valence-electron chi connectivity index (χ0n) is 9.11. The number of nitrogens with zero attached hydrogens (tertiary/aromatic N) is 1. The number of carbonyl (C=O) groups is 1. The topological polar surface area (TPSA) is 40.5 Å². The number of benzene rings is 1. The van der Waals surface area contributed by atoms with Crippen molar-refractivity contribution < 1.29 is 9.90 Å². The van der Waals surface area contributed by atoms with E-state index < -0.39 is 5.60 Å². The van der Waals surface area contributed by atoms with Crippen LogP contribution in [0.25, 0.3) is 0 Å². The minimum atomic E-state index is -0.704. The lowest BCUT2D eigenvalue weighted by molar-refractivity contribution is -0.151. The molecule has 1 aliphatic heterocycles. The van der Waals surface area contributed by atoms with Crippen LogP contribution in [0.5, 0.6) is 0 Å². The molecule has 0 spiro atoms. The van der Waals surface area contributed by atoms with Crippen LogP contribution < -0.4 is 0 Å². The second-order valence-corrected chi connectivity index (χ2v) is 4.99. The van der Waals surface area contributed by atoms with Gasteiger partial charge in [-0.15, -0.1) is 0 Å². The minimum Gasteiger partial charge on any atom is -0.386 e. The molecule has 0 bridgehead atoms. The smallest absolute Gasteiger partial charge is 0.227 e. The summed E-state index contributed by atoms with van der Waals surface area (Å²) in [4.78, 5) is 13.4. The first-order valence-corrected chi connectivity index (χ1v) is 5.59. The van der Waals surface area contributed by atoms with Crippen molar-refractivity contribution in [2.24, 2.45) is 0 Å². The Balaban J connectivity index is 1.94. The molecular formula is C12H14ClNO2. The van der Waals surface area contributed by atoms with Gasteiger partial charge in [0.1, 0.15) is 0 Å². The molecule has 0 aromatic heterocycles. The average Bonchev–Trinajstić information content (AvgIpc) is 2.13. The lowest BCUT2D eigenvalue weighted by Gasteiger charge is -2.44. The van der Waals surface area contributed by atoms with Gasteiger partial charge in [0.15, 0.2) is 0 Å². The molecule has 1 N–H and O–H groups in total. The Bertz CT molecular complexity index is 409. The van der Waals surface area contributed by atoms with Gasteiger partial charge in [0.25, 0.3) is 0 Å². The zero-order chi connectivity index (χ0) is 11.8. The van der Waals surface area contributed by atoms with Crippen LogP contribution in [0, 0.1) is 0 Å². The van der Waals surface area contributed by atoms with Gasteiger partial charge in [-0.05, 0) is 24.6 Å². The number of aliphatic hydroxyl groups is 1. The second kappa shape index (κ2) is 4.07. The van der Waals surface area contributed by atoms with E-state index in [-0.39, 0.29) is 5.91 Å². The third-order valence-electron chi connectivity index (χ3n) is 2.66. The summed E-state index contributed by atoms with van der Waals surface area (Å²) in [5, 5.41) is 10.2. The maximum Gasteiger partial charge on any atom is 0.227 e. The first-order valence-electron chi connectivity index (χ1n) is 5.21. The van der Waals surface area contributed by atoms with Crippen LogP contribution in [0.2, 0.25) is 5.02 Å². The summed E-state index contributed by atoms with van der Waals surface area (Å²) < 4.78 is 0. The maximum atomic E-state index is 11.8. The lowest BCUT2D eigenvalue weighted by Crippen LogP contribution is -2.62. The molecule has 1 fully saturated rings. The van der Waals surface area contributed by atoms with Gasteiger partial charge in [0.05, 0.1) is 25.1 Å². The molecule has 0 radical (unpaired) electrons. The van der Waals surface area contributed by atoms with E-state index in [2.05, 4.69) is 0 Å². The van der Waals surface area contributed by atoms with E-state index in [1.807, 2.05) is 12.1 Å². The number of rotatable bonds is 2. The van der Waals surface area contributed by atoms with Crippen molar-refractivity contribution in [3.8, 4) is 0 Å². The monoisotopic (exact) mass is 239 g/mol. The van der Waals surface area contributed by atoms with E-state index in [9.17, 15) is 9.90 Å². The van der Waals surface area contributed by atoms with E-state index >= 15 is 0 Å². The zero-order valence-corrected chi connectivity index (χ0v) is 9.87. The van der Waals surface area contributed by atoms with Crippen LogP contribution in [0.3, 0.4) is 0 Å². The Labute approximate surface area is 99.6 Å². The molecule has 2 rings (SSSR count). The summed E-state index contributed by atoms with van der Waals surface area (Å²) in [5.41, 5.74) is 0.202. The first-order chi connectivity index (χ1) is 7.46. The van der Waals surface area contributed by atoms with Crippen molar-refractivity contribution in [2.75, 3.05) is 13.1 Å². The van der Waals surface area contributed by atoms with Crippen LogP contribution in [-0.2, 0) is 11.2 Å². The molecule has 3 nitrogen and oxygen atoms in total. The van der Waals surface area contributed by atoms with Crippen molar-refractivity contribution in [2.45, 2.75) is 18.9 Å². The number of likely N-dealkylation sites (tertiary alicyclic amines) is 1. The Morgan fingerprint density at radius 2 is 2.25 bits per heavy atom. The molecule has 1 heterocycles. The molecule has 0 atom stereocenters. The Kier molecular flexibility index (Phi) is 2.91. The number of hydrogen-bond donors (Lipinski definition) is 1. The van der Waals surface area contributed by atoms with Gasteiger partial charge >= 0.3 is 0 Å². The SMILES string of the molecule is CC1(O)CN(C(=O)Cc2cccc(Cl)c2)C1. The van der Waals surface area contributed by atoms with E-state index in [4.69, 9.17) is 11.6 Å². The molecular weight excluding hydrogens is 226 g/mol. The van der Waals surface area contributed by atoms with Gasteiger partial charge in [-0.3, -0.25) is 4.79 Å². The van der Waals surface area contributed by atoms with Gasteiger partial charge in [0.2, 0.25) is 5.91 Å². The van der Waals surface area contributed by atoms with E-state index in [0.717, 1.165) is 5.56 Å². The predicted octanol–water partition coefficient (Wildman–Crippen LogP) is 1.48. The molecule has 0 aliphatic carbocycles. The normalized spacial score (nSPS) is 18.1. The predicted molar refractivity (Wildman–Crippen MR) is 62.4 cm³/mol. The highest BCUT2D eigenvalue weighted by atomic mass is 35.5. The molecule has 1 aromatic carbocycles. The van der Waals surface area contributed by atoms with Crippen molar-refractivity contribution in [3.05, 3.63) is 34.9 Å². The van der Waals surface area contributed by atoms with Crippen LogP contribution >= 0.6 is 11.6 Å². The number of halogens is 1. The average molecular weight is 240 g/mol. The number of β-amino-alcohol motifs (C(OH)–C–C–N with tert-alkyl or cyclic N) is 1. The largest absolute Gasteiger partial charge is 0.386 e. The van der Waals surface area contributed by atoms with Crippen LogP contribution in [-0.4, -0.2) is 34.6 Å². The highest BCUT2D eigenvalue weighted by molar-refractivity contribution is 6.30. The highest BCUT2D eigenvalue weighted by Crippen LogP contribution is 2.21. The fourth-order valence-electron chi connectivity index (χ4n) is 1.89. The third-order valence-corrected chi connectivity index (χ3v) is 2.90. The van der Waals surface area contributed by atoms with Gasteiger partial charge in [-0.2, -0.15) is 0 Å². The molecule has 1 saturated heterocycles. The van der Waals surface area contributed by atoms with E-state index in [0.29, 0.717) is 24.5 Å². The van der Waals surface area contributed by atoms with Crippen molar-refractivity contribution in [3.63, 3.8) is 0 Å². The van der Waals surface area contributed by atoms with Gasteiger partial charge in [0, 0.05) is 5.02 Å². The lowest BCUT2D eigenvalue weighted by atomic mass is 9.96. The Hall–Kier alpha value is -1.06. The minimum absolute atomic E-state index is 0.0359. The van der Waals surface area contributed by atoms with E-state index in [1.165, 1.54) is 0 Å². The van der Waals surface area contributed by atoms with Crippen LogP contribution in [0.4, 0.5) is 0 Å². The van der Waals surface area contributed by atoms with Gasteiger partial charge in [-0.1, -0.05) is 23.7 Å². The molecule has 1 amide bonds. The molecule has 1 aromatic rings. The molecule has 0 unspecified atom stereocenters. The fourth-order valence-corrected chi connectivity index (χ4v) is 2.10. The molecule has 16 heavy (non-hydrogen) atoms. The van der Waals surface area contributed by atoms with Crippen LogP contribution in [0.1, 0.15) is 12.5 Å². The van der Waals surface area contributed by atoms with Crippen LogP contribution in [0.15, 0.2) is 24.3 Å². The molecule has 1 aliphatic rings. The summed E-state index contributed by atoms with van der Waals surface area (Å²) in [6.07, 6.45) is 0.344. The summed E-state index contributed by atoms with van der Waals surface area (Å²) >= 11 is 5.84. The number of carbonyl (C=O) groups excluding carboxylic acids is 1. The summed E-state index contributed by atoms with van der Waals surface area (Å²) in [6.45, 7) is 2.58.